The predicted octanol–water partition coefficient (Wildman–Crippen LogP) is 2.21. The van der Waals surface area contributed by atoms with Gasteiger partial charge in [0, 0.05) is 37.1 Å². The van der Waals surface area contributed by atoms with Crippen LogP contribution in [0.3, 0.4) is 0 Å². The highest BCUT2D eigenvalue weighted by Crippen LogP contribution is 2.28. The van der Waals surface area contributed by atoms with Crippen LogP contribution in [0.25, 0.3) is 11.1 Å². The zero-order valence-electron chi connectivity index (χ0n) is 14.6. The predicted molar refractivity (Wildman–Crippen MR) is 99.5 cm³/mol. The maximum atomic E-state index is 12.1. The third kappa shape index (κ3) is 5.09. The Labute approximate surface area is 157 Å². The Hall–Kier alpha value is -1.83. The van der Waals surface area contributed by atoms with Crippen LogP contribution >= 0.6 is 11.6 Å². The smallest absolute Gasteiger partial charge is 0.298 e. The van der Waals surface area contributed by atoms with Crippen molar-refractivity contribution in [2.75, 3.05) is 44.4 Å². The van der Waals surface area contributed by atoms with Crippen LogP contribution in [0.1, 0.15) is 19.3 Å². The number of rotatable bonds is 8. The first-order chi connectivity index (χ1) is 12.7. The second kappa shape index (κ2) is 9.21. The number of piperidine rings is 1. The first-order valence-corrected chi connectivity index (χ1v) is 9.30. The average Bonchev–Trinajstić information content (AvgIpc) is 3.05. The highest BCUT2D eigenvalue weighted by Gasteiger charge is 2.25. The lowest BCUT2D eigenvalue weighted by Crippen LogP contribution is -2.38. The molecule has 2 heterocycles. The summed E-state index contributed by atoms with van der Waals surface area (Å²) in [5.41, 5.74) is 1.46. The van der Waals surface area contributed by atoms with Gasteiger partial charge in [0.1, 0.15) is 5.52 Å². The van der Waals surface area contributed by atoms with Crippen molar-refractivity contribution in [2.24, 2.45) is 5.92 Å². The van der Waals surface area contributed by atoms with Gasteiger partial charge in [0.05, 0.1) is 19.8 Å². The van der Waals surface area contributed by atoms with Gasteiger partial charge in [-0.3, -0.25) is 4.79 Å². The molecule has 0 spiro atoms. The lowest BCUT2D eigenvalue weighted by Gasteiger charge is -2.31. The molecule has 0 aliphatic carbocycles. The molecule has 1 aromatic carbocycles. The standard InChI is InChI=1S/C18H24ClN3O4/c19-14-3-4-15-16(11-14)26-18(21-15)22-6-1-2-13(12-22)10-17(24)20-5-8-25-9-7-23/h3-4,11,13,23H,1-2,5-10,12H2,(H,20,24). The molecule has 1 unspecified atom stereocenters. The third-order valence-corrected chi connectivity index (χ3v) is 4.64. The molecule has 7 nitrogen and oxygen atoms in total. The topological polar surface area (TPSA) is 87.8 Å². The Morgan fingerprint density at radius 1 is 1.46 bits per heavy atom. The fraction of sp³-hybridized carbons (Fsp3) is 0.556. The first-order valence-electron chi connectivity index (χ1n) is 8.92. The number of aliphatic hydroxyl groups is 1. The zero-order valence-corrected chi connectivity index (χ0v) is 15.4. The molecular weight excluding hydrogens is 358 g/mol. The molecule has 1 amide bonds. The molecule has 2 N–H and O–H groups in total. The molecule has 1 atom stereocenters. The van der Waals surface area contributed by atoms with Crippen molar-refractivity contribution >= 4 is 34.6 Å². The molecule has 1 aromatic heterocycles. The number of hydrogen-bond acceptors (Lipinski definition) is 6. The van der Waals surface area contributed by atoms with Gasteiger partial charge < -0.3 is 24.5 Å². The summed E-state index contributed by atoms with van der Waals surface area (Å²) >= 11 is 6.00. The van der Waals surface area contributed by atoms with Crippen molar-refractivity contribution in [3.05, 3.63) is 23.2 Å². The maximum absolute atomic E-state index is 12.1. The summed E-state index contributed by atoms with van der Waals surface area (Å²) in [6, 6.07) is 5.99. The molecule has 2 aromatic rings. The number of fused-ring (bicyclic) bond motifs is 1. The van der Waals surface area contributed by atoms with Gasteiger partial charge in [-0.15, -0.1) is 0 Å². The summed E-state index contributed by atoms with van der Waals surface area (Å²) in [6.07, 6.45) is 2.48. The Morgan fingerprint density at radius 3 is 3.19 bits per heavy atom. The Kier molecular flexibility index (Phi) is 6.71. The van der Waals surface area contributed by atoms with Crippen LogP contribution in [-0.4, -0.2) is 55.5 Å². The number of nitrogens with one attached hydrogen (secondary N) is 1. The largest absolute Gasteiger partial charge is 0.423 e. The summed E-state index contributed by atoms with van der Waals surface area (Å²) in [7, 11) is 0. The molecule has 1 aliphatic rings. The fourth-order valence-corrected chi connectivity index (χ4v) is 3.35. The number of hydrogen-bond donors (Lipinski definition) is 2. The number of halogens is 1. The van der Waals surface area contributed by atoms with E-state index in [1.807, 2.05) is 6.07 Å². The van der Waals surface area contributed by atoms with Gasteiger partial charge >= 0.3 is 0 Å². The van der Waals surface area contributed by atoms with E-state index in [1.165, 1.54) is 0 Å². The summed E-state index contributed by atoms with van der Waals surface area (Å²) in [5, 5.41) is 12.1. The fourth-order valence-electron chi connectivity index (χ4n) is 3.19. The molecule has 3 rings (SSSR count). The van der Waals surface area contributed by atoms with Gasteiger partial charge in [-0.25, -0.2) is 0 Å². The van der Waals surface area contributed by atoms with E-state index < -0.39 is 0 Å². The van der Waals surface area contributed by atoms with Crippen molar-refractivity contribution in [3.8, 4) is 0 Å². The summed E-state index contributed by atoms with van der Waals surface area (Å²) < 4.78 is 11.0. The number of benzene rings is 1. The number of aromatic nitrogens is 1. The molecule has 0 saturated carbocycles. The number of oxazole rings is 1. The van der Waals surface area contributed by atoms with Crippen molar-refractivity contribution in [2.45, 2.75) is 19.3 Å². The quantitative estimate of drug-likeness (QED) is 0.682. The van der Waals surface area contributed by atoms with E-state index in [9.17, 15) is 4.79 Å². The maximum Gasteiger partial charge on any atom is 0.298 e. The Bertz CT molecular complexity index is 736. The molecule has 1 fully saturated rings. The van der Waals surface area contributed by atoms with Crippen LogP contribution in [0.2, 0.25) is 5.02 Å². The highest BCUT2D eigenvalue weighted by atomic mass is 35.5. The van der Waals surface area contributed by atoms with Gasteiger partial charge in [0.25, 0.3) is 6.01 Å². The molecule has 8 heteroatoms. The second-order valence-corrected chi connectivity index (χ2v) is 6.89. The van der Waals surface area contributed by atoms with E-state index in [0.29, 0.717) is 42.8 Å². The van der Waals surface area contributed by atoms with Crippen LogP contribution in [0.15, 0.2) is 22.6 Å². The number of ether oxygens (including phenoxy) is 1. The van der Waals surface area contributed by atoms with Crippen LogP contribution in [0.5, 0.6) is 0 Å². The summed E-state index contributed by atoms with van der Waals surface area (Å²) in [4.78, 5) is 18.7. The first kappa shape index (κ1) is 18.9. The minimum atomic E-state index is -0.00607. The van der Waals surface area contributed by atoms with Crippen molar-refractivity contribution in [3.63, 3.8) is 0 Å². The molecule has 26 heavy (non-hydrogen) atoms. The minimum absolute atomic E-state index is 0.00607. The van der Waals surface area contributed by atoms with E-state index in [2.05, 4.69) is 15.2 Å². The van der Waals surface area contributed by atoms with Crippen LogP contribution in [0, 0.1) is 5.92 Å². The lowest BCUT2D eigenvalue weighted by molar-refractivity contribution is -0.122. The average molecular weight is 382 g/mol. The number of carbonyl (C=O) groups is 1. The SMILES string of the molecule is O=C(CC1CCCN(c2nc3ccc(Cl)cc3o2)C1)NCCOCCO. The third-order valence-electron chi connectivity index (χ3n) is 4.41. The van der Waals surface area contributed by atoms with Gasteiger partial charge in [-0.1, -0.05) is 11.6 Å². The number of nitrogens with zero attached hydrogens (tertiary/aromatic N) is 2. The van der Waals surface area contributed by atoms with E-state index in [0.717, 1.165) is 31.4 Å². The van der Waals surface area contributed by atoms with E-state index in [1.54, 1.807) is 12.1 Å². The molecule has 1 saturated heterocycles. The van der Waals surface area contributed by atoms with Crippen molar-refractivity contribution < 1.29 is 19.1 Å². The highest BCUT2D eigenvalue weighted by molar-refractivity contribution is 6.31. The van der Waals surface area contributed by atoms with Crippen LogP contribution in [0.4, 0.5) is 6.01 Å². The number of amides is 1. The van der Waals surface area contributed by atoms with Crippen molar-refractivity contribution in [1.82, 2.24) is 10.3 Å². The number of carbonyl (C=O) groups excluding carboxylic acids is 1. The Balaban J connectivity index is 1.51. The second-order valence-electron chi connectivity index (χ2n) is 6.45. The van der Waals surface area contributed by atoms with Crippen molar-refractivity contribution in [1.29, 1.82) is 0 Å². The molecule has 0 radical (unpaired) electrons. The van der Waals surface area contributed by atoms with Gasteiger partial charge in [-0.2, -0.15) is 4.98 Å². The number of aliphatic hydroxyl groups excluding tert-OH is 1. The van der Waals surface area contributed by atoms with Gasteiger partial charge in [0.2, 0.25) is 5.91 Å². The van der Waals surface area contributed by atoms with Crippen LogP contribution in [-0.2, 0) is 9.53 Å². The lowest BCUT2D eigenvalue weighted by atomic mass is 9.95. The van der Waals surface area contributed by atoms with Gasteiger partial charge in [-0.05, 0) is 30.9 Å². The molecule has 0 bridgehead atoms. The molecule has 1 aliphatic heterocycles. The normalized spacial score (nSPS) is 17.6. The van der Waals surface area contributed by atoms with E-state index in [4.69, 9.17) is 25.9 Å². The van der Waals surface area contributed by atoms with E-state index >= 15 is 0 Å². The molecule has 142 valence electrons. The summed E-state index contributed by atoms with van der Waals surface area (Å²) in [6.45, 7) is 2.77. The van der Waals surface area contributed by atoms with Gasteiger partial charge in [0.15, 0.2) is 5.58 Å². The number of anilines is 1. The van der Waals surface area contributed by atoms with E-state index in [-0.39, 0.29) is 18.4 Å². The monoisotopic (exact) mass is 381 g/mol. The summed E-state index contributed by atoms with van der Waals surface area (Å²) in [5.74, 6) is 0.287. The Morgan fingerprint density at radius 2 is 2.35 bits per heavy atom. The van der Waals surface area contributed by atoms with Crippen LogP contribution < -0.4 is 10.2 Å². The molecular formula is C18H24ClN3O4. The minimum Gasteiger partial charge on any atom is -0.423 e. The zero-order chi connectivity index (χ0) is 18.4.